The SMILES string of the molecule is CC(C)COCC(NCc1ccc2c(c1)CCO2)c1ccco1. The number of nitrogens with one attached hydrogen (secondary N) is 1. The predicted octanol–water partition coefficient (Wildman–Crippen LogP) is 3.72. The van der Waals surface area contributed by atoms with E-state index in [0.717, 1.165) is 37.7 Å². The van der Waals surface area contributed by atoms with E-state index in [4.69, 9.17) is 13.9 Å². The van der Waals surface area contributed by atoms with E-state index < -0.39 is 0 Å². The van der Waals surface area contributed by atoms with Crippen LogP contribution in [0.25, 0.3) is 0 Å². The van der Waals surface area contributed by atoms with Crippen molar-refractivity contribution in [3.63, 3.8) is 0 Å². The molecule has 0 radical (unpaired) electrons. The second-order valence-corrected chi connectivity index (χ2v) is 6.42. The number of fused-ring (bicyclic) bond motifs is 1. The summed E-state index contributed by atoms with van der Waals surface area (Å²) in [6.45, 7) is 7.26. The van der Waals surface area contributed by atoms with Gasteiger partial charge in [-0.05, 0) is 35.2 Å². The zero-order chi connectivity index (χ0) is 16.1. The second kappa shape index (κ2) is 7.66. The van der Waals surface area contributed by atoms with Crippen molar-refractivity contribution in [3.05, 3.63) is 53.5 Å². The number of rotatable bonds is 8. The number of ether oxygens (including phenoxy) is 2. The van der Waals surface area contributed by atoms with Crippen molar-refractivity contribution >= 4 is 0 Å². The van der Waals surface area contributed by atoms with E-state index in [2.05, 4.69) is 37.4 Å². The molecule has 0 bridgehead atoms. The molecule has 1 unspecified atom stereocenters. The molecule has 0 saturated heterocycles. The molecule has 1 N–H and O–H groups in total. The molecule has 0 aliphatic carbocycles. The van der Waals surface area contributed by atoms with E-state index in [1.807, 2.05) is 12.1 Å². The van der Waals surface area contributed by atoms with Crippen LogP contribution in [0.4, 0.5) is 0 Å². The van der Waals surface area contributed by atoms with Crippen molar-refractivity contribution < 1.29 is 13.9 Å². The molecule has 1 aliphatic rings. The van der Waals surface area contributed by atoms with Gasteiger partial charge < -0.3 is 19.2 Å². The highest BCUT2D eigenvalue weighted by molar-refractivity contribution is 5.39. The van der Waals surface area contributed by atoms with Crippen molar-refractivity contribution in [1.29, 1.82) is 0 Å². The molecule has 4 heteroatoms. The zero-order valence-electron chi connectivity index (χ0n) is 13.9. The highest BCUT2D eigenvalue weighted by Crippen LogP contribution is 2.26. The maximum absolute atomic E-state index is 5.80. The number of furan rings is 1. The van der Waals surface area contributed by atoms with Crippen LogP contribution in [0.15, 0.2) is 41.0 Å². The quantitative estimate of drug-likeness (QED) is 0.806. The van der Waals surface area contributed by atoms with Crippen LogP contribution in [0, 0.1) is 5.92 Å². The van der Waals surface area contributed by atoms with E-state index in [0.29, 0.717) is 12.5 Å². The minimum atomic E-state index is 0.0632. The molecular weight excluding hydrogens is 290 g/mol. The minimum absolute atomic E-state index is 0.0632. The first-order valence-corrected chi connectivity index (χ1v) is 8.31. The van der Waals surface area contributed by atoms with Crippen LogP contribution in [0.2, 0.25) is 0 Å². The molecule has 4 nitrogen and oxygen atoms in total. The Morgan fingerprint density at radius 2 is 2.13 bits per heavy atom. The normalized spacial score (nSPS) is 14.7. The molecule has 1 aromatic heterocycles. The highest BCUT2D eigenvalue weighted by atomic mass is 16.5. The van der Waals surface area contributed by atoms with Gasteiger partial charge in [-0.25, -0.2) is 0 Å². The summed E-state index contributed by atoms with van der Waals surface area (Å²) in [4.78, 5) is 0. The highest BCUT2D eigenvalue weighted by Gasteiger charge is 2.16. The van der Waals surface area contributed by atoms with Gasteiger partial charge in [0.05, 0.1) is 25.5 Å². The summed E-state index contributed by atoms with van der Waals surface area (Å²) in [6, 6.07) is 10.4. The van der Waals surface area contributed by atoms with E-state index >= 15 is 0 Å². The summed E-state index contributed by atoms with van der Waals surface area (Å²) in [6.07, 6.45) is 2.71. The molecule has 1 aromatic carbocycles. The molecule has 2 aromatic rings. The summed E-state index contributed by atoms with van der Waals surface area (Å²) >= 11 is 0. The average Bonchev–Trinajstić information content (AvgIpc) is 3.20. The van der Waals surface area contributed by atoms with Gasteiger partial charge >= 0.3 is 0 Å². The molecule has 0 fully saturated rings. The Balaban J connectivity index is 1.59. The van der Waals surface area contributed by atoms with E-state index in [-0.39, 0.29) is 6.04 Å². The molecule has 0 amide bonds. The lowest BCUT2D eigenvalue weighted by Crippen LogP contribution is -2.25. The van der Waals surface area contributed by atoms with Gasteiger partial charge in [0.25, 0.3) is 0 Å². The van der Waals surface area contributed by atoms with Crippen molar-refractivity contribution in [2.24, 2.45) is 5.92 Å². The Kier molecular flexibility index (Phi) is 5.36. The van der Waals surface area contributed by atoms with E-state index in [9.17, 15) is 0 Å². The monoisotopic (exact) mass is 315 g/mol. The molecule has 2 heterocycles. The van der Waals surface area contributed by atoms with Crippen LogP contribution in [-0.4, -0.2) is 19.8 Å². The van der Waals surface area contributed by atoms with Crippen LogP contribution in [0.1, 0.15) is 36.8 Å². The molecule has 0 saturated carbocycles. The maximum atomic E-state index is 5.80. The third kappa shape index (κ3) is 4.36. The summed E-state index contributed by atoms with van der Waals surface area (Å²) in [5.41, 5.74) is 2.56. The maximum Gasteiger partial charge on any atom is 0.123 e. The fourth-order valence-electron chi connectivity index (χ4n) is 2.74. The summed E-state index contributed by atoms with van der Waals surface area (Å²) < 4.78 is 16.9. The standard InChI is InChI=1S/C19H25NO3/c1-14(2)12-21-13-17(19-4-3-8-22-19)20-11-15-5-6-18-16(10-15)7-9-23-18/h3-6,8,10,14,17,20H,7,9,11-13H2,1-2H3. The van der Waals surface area contributed by atoms with Crippen molar-refractivity contribution in [2.75, 3.05) is 19.8 Å². The molecule has 1 aliphatic heterocycles. The second-order valence-electron chi connectivity index (χ2n) is 6.42. The summed E-state index contributed by atoms with van der Waals surface area (Å²) in [5, 5.41) is 3.54. The first-order valence-electron chi connectivity index (χ1n) is 8.31. The van der Waals surface area contributed by atoms with Gasteiger partial charge in [0, 0.05) is 19.6 Å². The summed E-state index contributed by atoms with van der Waals surface area (Å²) in [5.74, 6) is 2.47. The average molecular weight is 315 g/mol. The van der Waals surface area contributed by atoms with Crippen LogP contribution in [0.3, 0.4) is 0 Å². The fraction of sp³-hybridized carbons (Fsp3) is 0.474. The largest absolute Gasteiger partial charge is 0.493 e. The number of hydrogen-bond donors (Lipinski definition) is 1. The lowest BCUT2D eigenvalue weighted by Gasteiger charge is -2.18. The van der Waals surface area contributed by atoms with Gasteiger partial charge in [-0.2, -0.15) is 0 Å². The molecule has 0 spiro atoms. The Hall–Kier alpha value is -1.78. The Labute approximate surface area is 137 Å². The zero-order valence-corrected chi connectivity index (χ0v) is 13.9. The van der Waals surface area contributed by atoms with Gasteiger partial charge in [0.2, 0.25) is 0 Å². The number of hydrogen-bond acceptors (Lipinski definition) is 4. The molecular formula is C19H25NO3. The van der Waals surface area contributed by atoms with Crippen molar-refractivity contribution in [2.45, 2.75) is 32.9 Å². The topological polar surface area (TPSA) is 43.6 Å². The van der Waals surface area contributed by atoms with Crippen molar-refractivity contribution in [3.8, 4) is 5.75 Å². The van der Waals surface area contributed by atoms with E-state index in [1.54, 1.807) is 6.26 Å². The summed E-state index contributed by atoms with van der Waals surface area (Å²) in [7, 11) is 0. The molecule has 3 rings (SSSR count). The van der Waals surface area contributed by atoms with Gasteiger partial charge in [0.1, 0.15) is 11.5 Å². The van der Waals surface area contributed by atoms with Gasteiger partial charge in [-0.3, -0.25) is 0 Å². The molecule has 23 heavy (non-hydrogen) atoms. The third-order valence-electron chi connectivity index (χ3n) is 3.93. The first kappa shape index (κ1) is 16.1. The van der Waals surface area contributed by atoms with Crippen LogP contribution >= 0.6 is 0 Å². The Morgan fingerprint density at radius 3 is 2.91 bits per heavy atom. The van der Waals surface area contributed by atoms with E-state index in [1.165, 1.54) is 11.1 Å². The first-order chi connectivity index (χ1) is 11.2. The fourth-order valence-corrected chi connectivity index (χ4v) is 2.74. The lowest BCUT2D eigenvalue weighted by atomic mass is 10.1. The van der Waals surface area contributed by atoms with Gasteiger partial charge in [0.15, 0.2) is 0 Å². The van der Waals surface area contributed by atoms with Crippen LogP contribution < -0.4 is 10.1 Å². The van der Waals surface area contributed by atoms with Crippen molar-refractivity contribution in [1.82, 2.24) is 5.32 Å². The lowest BCUT2D eigenvalue weighted by molar-refractivity contribution is 0.0844. The molecule has 1 atom stereocenters. The van der Waals surface area contributed by atoms with Gasteiger partial charge in [-0.15, -0.1) is 0 Å². The van der Waals surface area contributed by atoms with Crippen LogP contribution in [-0.2, 0) is 17.7 Å². The predicted molar refractivity (Wildman–Crippen MR) is 89.6 cm³/mol. The number of benzene rings is 1. The Morgan fingerprint density at radius 1 is 1.22 bits per heavy atom. The van der Waals surface area contributed by atoms with Gasteiger partial charge in [-0.1, -0.05) is 26.0 Å². The molecule has 124 valence electrons. The third-order valence-corrected chi connectivity index (χ3v) is 3.93. The minimum Gasteiger partial charge on any atom is -0.493 e. The van der Waals surface area contributed by atoms with Crippen LogP contribution in [0.5, 0.6) is 5.75 Å². The Bertz CT molecular complexity index is 607. The smallest absolute Gasteiger partial charge is 0.123 e.